The quantitative estimate of drug-likeness (QED) is 0.495. The highest BCUT2D eigenvalue weighted by Crippen LogP contribution is 2.18. The summed E-state index contributed by atoms with van der Waals surface area (Å²) in [7, 11) is 1.64. The van der Waals surface area contributed by atoms with Crippen LogP contribution in [-0.4, -0.2) is 78.2 Å². The van der Waals surface area contributed by atoms with Crippen molar-refractivity contribution in [3.05, 3.63) is 52.9 Å². The highest BCUT2D eigenvalue weighted by Gasteiger charge is 2.25. The highest BCUT2D eigenvalue weighted by molar-refractivity contribution is 5.96. The van der Waals surface area contributed by atoms with Crippen LogP contribution in [0.3, 0.4) is 0 Å². The summed E-state index contributed by atoms with van der Waals surface area (Å²) in [5.41, 5.74) is 1.79. The van der Waals surface area contributed by atoms with Gasteiger partial charge in [0.1, 0.15) is 18.1 Å². The number of piperazine rings is 1. The van der Waals surface area contributed by atoms with Crippen LogP contribution in [0.2, 0.25) is 0 Å². The molecule has 0 spiro atoms. The number of aromatic nitrogens is 2. The number of carbonyl (C=O) groups excluding carboxylic acids is 1. The van der Waals surface area contributed by atoms with Crippen LogP contribution < -0.4 is 20.5 Å². The first-order chi connectivity index (χ1) is 15.5. The first kappa shape index (κ1) is 21.9. The average molecular weight is 440 g/mol. The lowest BCUT2D eigenvalue weighted by atomic mass is 10.2. The number of anilines is 1. The molecule has 3 aromatic rings. The molecule has 170 valence electrons. The first-order valence-electron chi connectivity index (χ1n) is 10.8. The van der Waals surface area contributed by atoms with Gasteiger partial charge in [0.05, 0.1) is 24.2 Å². The molecule has 32 heavy (non-hydrogen) atoms. The van der Waals surface area contributed by atoms with Crippen LogP contribution >= 0.6 is 0 Å². The first-order valence-corrected chi connectivity index (χ1v) is 10.8. The number of H-pyrrole nitrogens is 2. The van der Waals surface area contributed by atoms with Crippen molar-refractivity contribution in [3.8, 4) is 11.5 Å². The molecule has 0 saturated carbocycles. The fourth-order valence-corrected chi connectivity index (χ4v) is 3.86. The highest BCUT2D eigenvalue weighted by atomic mass is 16.5. The van der Waals surface area contributed by atoms with E-state index < -0.39 is 0 Å². The molecule has 2 heterocycles. The standard InChI is InChI=1S/C23H29N5O4/c1-16(22(29)24-17-3-8-20-21(15-17)26-23(30)25-20)28-11-9-27(10-12-28)13-14-32-19-6-4-18(31-2)5-7-19/h3-8,15-16H,9-14H2,1-2H3,(H,24,29)(H2,25,26,30)/t16-/m0/s1. The van der Waals surface area contributed by atoms with E-state index in [9.17, 15) is 9.59 Å². The molecule has 1 fully saturated rings. The Morgan fingerprint density at radius 2 is 1.72 bits per heavy atom. The van der Waals surface area contributed by atoms with E-state index in [0.717, 1.165) is 44.2 Å². The van der Waals surface area contributed by atoms with Gasteiger partial charge in [-0.05, 0) is 49.4 Å². The minimum Gasteiger partial charge on any atom is -0.497 e. The molecule has 0 bridgehead atoms. The van der Waals surface area contributed by atoms with Crippen molar-refractivity contribution in [3.63, 3.8) is 0 Å². The molecule has 9 nitrogen and oxygen atoms in total. The number of imidazole rings is 1. The molecule has 4 rings (SSSR count). The van der Waals surface area contributed by atoms with Crippen LogP contribution in [0.1, 0.15) is 6.92 Å². The summed E-state index contributed by atoms with van der Waals surface area (Å²) in [6.07, 6.45) is 0. The fourth-order valence-electron chi connectivity index (χ4n) is 3.86. The molecular formula is C23H29N5O4. The molecule has 1 aliphatic heterocycles. The Morgan fingerprint density at radius 3 is 2.44 bits per heavy atom. The van der Waals surface area contributed by atoms with Crippen molar-refractivity contribution in [2.75, 3.05) is 51.8 Å². The van der Waals surface area contributed by atoms with Gasteiger partial charge in [-0.1, -0.05) is 0 Å². The zero-order valence-corrected chi connectivity index (χ0v) is 18.4. The Morgan fingerprint density at radius 1 is 1.03 bits per heavy atom. The van der Waals surface area contributed by atoms with Crippen molar-refractivity contribution >= 4 is 22.6 Å². The van der Waals surface area contributed by atoms with Crippen LogP contribution in [0.25, 0.3) is 11.0 Å². The van der Waals surface area contributed by atoms with Crippen molar-refractivity contribution in [2.24, 2.45) is 0 Å². The Balaban J connectivity index is 1.21. The number of methoxy groups -OCH3 is 1. The fraction of sp³-hybridized carbons (Fsp3) is 0.391. The SMILES string of the molecule is COc1ccc(OCCN2CCN([C@@H](C)C(=O)Nc3ccc4[nH]c(=O)[nH]c4c3)CC2)cc1. The van der Waals surface area contributed by atoms with E-state index >= 15 is 0 Å². The lowest BCUT2D eigenvalue weighted by Gasteiger charge is -2.37. The number of hydrogen-bond acceptors (Lipinski definition) is 6. The van der Waals surface area contributed by atoms with E-state index in [2.05, 4.69) is 25.1 Å². The zero-order valence-electron chi connectivity index (χ0n) is 18.4. The maximum absolute atomic E-state index is 12.7. The minimum atomic E-state index is -0.260. The predicted octanol–water partition coefficient (Wildman–Crippen LogP) is 1.89. The number of carbonyl (C=O) groups is 1. The lowest BCUT2D eigenvalue weighted by Crippen LogP contribution is -2.53. The molecule has 0 radical (unpaired) electrons. The van der Waals surface area contributed by atoms with Gasteiger partial charge in [-0.3, -0.25) is 14.6 Å². The third-order valence-electron chi connectivity index (χ3n) is 5.85. The molecule has 3 N–H and O–H groups in total. The van der Waals surface area contributed by atoms with Gasteiger partial charge in [-0.2, -0.15) is 0 Å². The van der Waals surface area contributed by atoms with Crippen molar-refractivity contribution in [1.29, 1.82) is 0 Å². The molecule has 1 saturated heterocycles. The lowest BCUT2D eigenvalue weighted by molar-refractivity contribution is -0.121. The van der Waals surface area contributed by atoms with Gasteiger partial charge in [-0.25, -0.2) is 4.79 Å². The zero-order chi connectivity index (χ0) is 22.5. The Kier molecular flexibility index (Phi) is 6.77. The maximum Gasteiger partial charge on any atom is 0.323 e. The summed E-state index contributed by atoms with van der Waals surface area (Å²) in [5, 5.41) is 2.95. The second kappa shape index (κ2) is 9.88. The van der Waals surface area contributed by atoms with E-state index in [1.807, 2.05) is 31.2 Å². The van der Waals surface area contributed by atoms with Gasteiger partial charge in [-0.15, -0.1) is 0 Å². The number of nitrogens with one attached hydrogen (secondary N) is 3. The molecule has 2 aromatic carbocycles. The van der Waals surface area contributed by atoms with Gasteiger partial charge in [0.2, 0.25) is 5.91 Å². The van der Waals surface area contributed by atoms with Crippen LogP contribution in [-0.2, 0) is 4.79 Å². The Labute approximate surface area is 186 Å². The van der Waals surface area contributed by atoms with Gasteiger partial charge in [0.25, 0.3) is 0 Å². The van der Waals surface area contributed by atoms with E-state index in [4.69, 9.17) is 9.47 Å². The maximum atomic E-state index is 12.7. The molecular weight excluding hydrogens is 410 g/mol. The largest absolute Gasteiger partial charge is 0.497 e. The van der Waals surface area contributed by atoms with E-state index in [0.29, 0.717) is 23.3 Å². The number of fused-ring (bicyclic) bond motifs is 1. The average Bonchev–Trinajstić information content (AvgIpc) is 3.18. The molecule has 0 aliphatic carbocycles. The Hall–Kier alpha value is -3.30. The second-order valence-electron chi connectivity index (χ2n) is 7.91. The molecule has 1 amide bonds. The monoisotopic (exact) mass is 439 g/mol. The number of ether oxygens (including phenoxy) is 2. The van der Waals surface area contributed by atoms with E-state index in [1.165, 1.54) is 0 Å². The normalized spacial score (nSPS) is 16.1. The number of rotatable bonds is 8. The van der Waals surface area contributed by atoms with Gasteiger partial charge in [0, 0.05) is 38.4 Å². The molecule has 1 atom stereocenters. The Bertz CT molecular complexity index is 1100. The summed E-state index contributed by atoms with van der Waals surface area (Å²) >= 11 is 0. The summed E-state index contributed by atoms with van der Waals surface area (Å²) in [4.78, 5) is 34.1. The van der Waals surface area contributed by atoms with Gasteiger partial charge < -0.3 is 24.8 Å². The van der Waals surface area contributed by atoms with Crippen LogP contribution in [0.5, 0.6) is 11.5 Å². The van der Waals surface area contributed by atoms with E-state index in [-0.39, 0.29) is 17.6 Å². The number of amides is 1. The molecule has 9 heteroatoms. The van der Waals surface area contributed by atoms with Crippen LogP contribution in [0.4, 0.5) is 5.69 Å². The number of hydrogen-bond donors (Lipinski definition) is 3. The van der Waals surface area contributed by atoms with Crippen LogP contribution in [0.15, 0.2) is 47.3 Å². The molecule has 0 unspecified atom stereocenters. The number of nitrogens with zero attached hydrogens (tertiary/aromatic N) is 2. The third-order valence-corrected chi connectivity index (χ3v) is 5.85. The van der Waals surface area contributed by atoms with Gasteiger partial charge in [0.15, 0.2) is 0 Å². The van der Waals surface area contributed by atoms with Crippen molar-refractivity contribution < 1.29 is 14.3 Å². The van der Waals surface area contributed by atoms with Crippen molar-refractivity contribution in [2.45, 2.75) is 13.0 Å². The molecule has 1 aromatic heterocycles. The van der Waals surface area contributed by atoms with E-state index in [1.54, 1.807) is 25.3 Å². The topological polar surface area (TPSA) is 103 Å². The molecule has 1 aliphatic rings. The second-order valence-corrected chi connectivity index (χ2v) is 7.91. The minimum absolute atomic E-state index is 0.0569. The summed E-state index contributed by atoms with van der Waals surface area (Å²) in [6.45, 7) is 6.80. The smallest absolute Gasteiger partial charge is 0.323 e. The number of aromatic amines is 2. The summed E-state index contributed by atoms with van der Waals surface area (Å²) in [6, 6.07) is 12.7. The number of benzene rings is 2. The van der Waals surface area contributed by atoms with Crippen molar-refractivity contribution in [1.82, 2.24) is 19.8 Å². The van der Waals surface area contributed by atoms with Crippen LogP contribution in [0, 0.1) is 0 Å². The summed E-state index contributed by atoms with van der Waals surface area (Å²) in [5.74, 6) is 1.58. The predicted molar refractivity (Wildman–Crippen MR) is 124 cm³/mol. The summed E-state index contributed by atoms with van der Waals surface area (Å²) < 4.78 is 11.0. The third kappa shape index (κ3) is 5.30. The van der Waals surface area contributed by atoms with Gasteiger partial charge >= 0.3 is 5.69 Å².